The molecular formula is C13H12F3N3O6. The molecule has 2 rings (SSSR count). The van der Waals surface area contributed by atoms with Gasteiger partial charge < -0.3 is 20.8 Å². The third-order valence-electron chi connectivity index (χ3n) is 3.80. The summed E-state index contributed by atoms with van der Waals surface area (Å²) in [5.74, 6) is -4.08. The Labute approximate surface area is 137 Å². The topological polar surface area (TPSA) is 142 Å². The maximum atomic E-state index is 13.3. The highest BCUT2D eigenvalue weighted by Crippen LogP contribution is 2.43. The number of urea groups is 1. The van der Waals surface area contributed by atoms with Crippen molar-refractivity contribution in [3.63, 3.8) is 0 Å². The molecule has 25 heavy (non-hydrogen) atoms. The van der Waals surface area contributed by atoms with E-state index in [1.807, 2.05) is 5.32 Å². The summed E-state index contributed by atoms with van der Waals surface area (Å²) in [7, 11) is 0. The molecule has 2 amide bonds. The quantitative estimate of drug-likeness (QED) is 0.468. The third kappa shape index (κ3) is 3.07. The minimum Gasteiger partial charge on any atom is -0.502 e. The van der Waals surface area contributed by atoms with Crippen LogP contribution in [0.1, 0.15) is 18.5 Å². The van der Waals surface area contributed by atoms with Crippen LogP contribution in [-0.2, 0) is 4.79 Å². The number of ketones is 1. The molecule has 0 unspecified atom stereocenters. The fraction of sp³-hybridized carbons (Fsp3) is 0.385. The van der Waals surface area contributed by atoms with Crippen LogP contribution in [0.3, 0.4) is 0 Å². The van der Waals surface area contributed by atoms with E-state index in [4.69, 9.17) is 0 Å². The van der Waals surface area contributed by atoms with Crippen LogP contribution in [0.15, 0.2) is 18.2 Å². The van der Waals surface area contributed by atoms with E-state index in [1.165, 1.54) is 5.32 Å². The zero-order chi connectivity index (χ0) is 19.2. The van der Waals surface area contributed by atoms with Crippen LogP contribution in [0.4, 0.5) is 23.7 Å². The van der Waals surface area contributed by atoms with Crippen molar-refractivity contribution in [2.75, 3.05) is 0 Å². The minimum absolute atomic E-state index is 0.262. The van der Waals surface area contributed by atoms with Gasteiger partial charge in [0.25, 0.3) is 0 Å². The number of carbonyl (C=O) groups is 2. The van der Waals surface area contributed by atoms with Crippen molar-refractivity contribution in [1.82, 2.24) is 10.6 Å². The van der Waals surface area contributed by atoms with Gasteiger partial charge in [-0.3, -0.25) is 14.9 Å². The summed E-state index contributed by atoms with van der Waals surface area (Å²) in [6.07, 6.45) is -5.39. The summed E-state index contributed by atoms with van der Waals surface area (Å²) in [4.78, 5) is 33.3. The molecule has 0 bridgehead atoms. The lowest BCUT2D eigenvalue weighted by Gasteiger charge is -2.44. The summed E-state index contributed by atoms with van der Waals surface area (Å²) in [6, 6.07) is -0.565. The second-order valence-electron chi connectivity index (χ2n) is 5.43. The van der Waals surface area contributed by atoms with Crippen molar-refractivity contribution in [1.29, 1.82) is 0 Å². The van der Waals surface area contributed by atoms with Crippen molar-refractivity contribution in [2.24, 2.45) is 5.92 Å². The maximum absolute atomic E-state index is 13.3. The molecule has 136 valence electrons. The Bertz CT molecular complexity index is 753. The standard InChI is InChI=1S/C13H12F3N3O6/c1-5(20)9-10(6-2-3-8(21)7(4-6)19(24)25)17-11(22)18-12(9,23)13(14,15)16/h2-4,9-10,21,23H,1H3,(H2,17,18,22)/t9-,10-,12-/m1/s1. The first-order valence-electron chi connectivity index (χ1n) is 6.74. The molecule has 1 aromatic carbocycles. The van der Waals surface area contributed by atoms with Crippen molar-refractivity contribution < 1.29 is 37.9 Å². The lowest BCUT2D eigenvalue weighted by atomic mass is 9.79. The fourth-order valence-electron chi connectivity index (χ4n) is 2.68. The van der Waals surface area contributed by atoms with Crippen LogP contribution in [0, 0.1) is 16.0 Å². The smallest absolute Gasteiger partial charge is 0.437 e. The number of nitro benzene ring substituents is 1. The number of benzene rings is 1. The van der Waals surface area contributed by atoms with Gasteiger partial charge in [-0.15, -0.1) is 0 Å². The van der Waals surface area contributed by atoms with Crippen LogP contribution in [0.5, 0.6) is 5.75 Å². The number of nitrogens with zero attached hydrogens (tertiary/aromatic N) is 1. The number of hydrogen-bond acceptors (Lipinski definition) is 6. The number of rotatable bonds is 3. The summed E-state index contributed by atoms with van der Waals surface area (Å²) < 4.78 is 39.8. The highest BCUT2D eigenvalue weighted by atomic mass is 19.4. The molecular weight excluding hydrogens is 351 g/mol. The average molecular weight is 363 g/mol. The Kier molecular flexibility index (Phi) is 4.34. The molecule has 1 heterocycles. The Morgan fingerprint density at radius 1 is 1.40 bits per heavy atom. The number of phenolic OH excluding ortho intramolecular Hbond substituents is 1. The molecule has 0 aliphatic carbocycles. The van der Waals surface area contributed by atoms with Crippen LogP contribution in [0.2, 0.25) is 0 Å². The predicted octanol–water partition coefficient (Wildman–Crippen LogP) is 1.11. The number of nitrogens with one attached hydrogen (secondary N) is 2. The zero-order valence-corrected chi connectivity index (χ0v) is 12.5. The number of aromatic hydroxyl groups is 1. The molecule has 1 saturated heterocycles. The van der Waals surface area contributed by atoms with Crippen molar-refractivity contribution in [2.45, 2.75) is 24.9 Å². The van der Waals surface area contributed by atoms with E-state index in [2.05, 4.69) is 0 Å². The first kappa shape index (κ1) is 18.4. The van der Waals surface area contributed by atoms with Gasteiger partial charge in [0, 0.05) is 6.07 Å². The molecule has 1 aliphatic rings. The summed E-state index contributed by atoms with van der Waals surface area (Å²) in [6.45, 7) is 0.780. The van der Waals surface area contributed by atoms with Gasteiger partial charge in [0.15, 0.2) is 5.75 Å². The molecule has 1 aromatic rings. The molecule has 0 spiro atoms. The van der Waals surface area contributed by atoms with E-state index < -0.39 is 52.0 Å². The van der Waals surface area contributed by atoms with E-state index in [-0.39, 0.29) is 5.56 Å². The number of Topliss-reactive ketones (excluding diaryl/α,β-unsaturated/α-hetero) is 1. The number of phenols is 1. The lowest BCUT2D eigenvalue weighted by molar-refractivity contribution is -0.386. The maximum Gasteiger partial charge on any atom is 0.437 e. The Morgan fingerprint density at radius 3 is 2.48 bits per heavy atom. The van der Waals surface area contributed by atoms with Crippen LogP contribution < -0.4 is 10.6 Å². The van der Waals surface area contributed by atoms with E-state index in [1.54, 1.807) is 0 Å². The van der Waals surface area contributed by atoms with Crippen molar-refractivity contribution >= 4 is 17.5 Å². The summed E-state index contributed by atoms with van der Waals surface area (Å²) >= 11 is 0. The van der Waals surface area contributed by atoms with Gasteiger partial charge in [0.1, 0.15) is 5.78 Å². The van der Waals surface area contributed by atoms with Gasteiger partial charge in [-0.1, -0.05) is 6.07 Å². The SMILES string of the molecule is CC(=O)[C@@H]1[C@@H](c2ccc(O)c([N+](=O)[O-])c2)NC(=O)N[C@]1(O)C(F)(F)F. The van der Waals surface area contributed by atoms with Crippen molar-refractivity contribution in [3.8, 4) is 5.75 Å². The van der Waals surface area contributed by atoms with E-state index in [9.17, 15) is 43.1 Å². The molecule has 9 nitrogen and oxygen atoms in total. The molecule has 0 saturated carbocycles. The predicted molar refractivity (Wildman–Crippen MR) is 74.3 cm³/mol. The molecule has 0 radical (unpaired) electrons. The Morgan fingerprint density at radius 2 is 2.00 bits per heavy atom. The third-order valence-corrected chi connectivity index (χ3v) is 3.80. The fourth-order valence-corrected chi connectivity index (χ4v) is 2.68. The first-order chi connectivity index (χ1) is 11.4. The van der Waals surface area contributed by atoms with Crippen molar-refractivity contribution in [3.05, 3.63) is 33.9 Å². The second kappa shape index (κ2) is 5.88. The number of alkyl halides is 3. The zero-order valence-electron chi connectivity index (χ0n) is 12.5. The van der Waals surface area contributed by atoms with Gasteiger partial charge in [0.2, 0.25) is 5.72 Å². The molecule has 4 N–H and O–H groups in total. The molecule has 12 heteroatoms. The van der Waals surface area contributed by atoms with Crippen LogP contribution >= 0.6 is 0 Å². The lowest BCUT2D eigenvalue weighted by Crippen LogP contribution is -2.72. The number of aliphatic hydroxyl groups is 1. The Hall–Kier alpha value is -2.89. The second-order valence-corrected chi connectivity index (χ2v) is 5.43. The molecule has 1 fully saturated rings. The molecule has 3 atom stereocenters. The van der Waals surface area contributed by atoms with Gasteiger partial charge in [-0.25, -0.2) is 4.79 Å². The molecule has 0 aromatic heterocycles. The number of nitro groups is 1. The highest BCUT2D eigenvalue weighted by Gasteiger charge is 2.65. The first-order valence-corrected chi connectivity index (χ1v) is 6.74. The van der Waals surface area contributed by atoms with Crippen LogP contribution in [-0.4, -0.2) is 38.9 Å². The Balaban J connectivity index is 2.62. The average Bonchev–Trinajstić information content (AvgIpc) is 2.44. The van der Waals surface area contributed by atoms with Gasteiger partial charge in [-0.2, -0.15) is 13.2 Å². The number of carbonyl (C=O) groups excluding carboxylic acids is 2. The van der Waals surface area contributed by atoms with E-state index in [0.29, 0.717) is 0 Å². The van der Waals surface area contributed by atoms with E-state index in [0.717, 1.165) is 25.1 Å². The van der Waals surface area contributed by atoms with Gasteiger partial charge in [-0.05, 0) is 18.6 Å². The summed E-state index contributed by atoms with van der Waals surface area (Å²) in [5, 5.41) is 33.6. The van der Waals surface area contributed by atoms with Crippen LogP contribution in [0.25, 0.3) is 0 Å². The van der Waals surface area contributed by atoms with E-state index >= 15 is 0 Å². The minimum atomic E-state index is -5.39. The largest absolute Gasteiger partial charge is 0.502 e. The number of hydrogen-bond donors (Lipinski definition) is 4. The number of amides is 2. The summed E-state index contributed by atoms with van der Waals surface area (Å²) in [5.41, 5.74) is -4.95. The highest BCUT2D eigenvalue weighted by molar-refractivity contribution is 5.86. The van der Waals surface area contributed by atoms with Gasteiger partial charge in [0.05, 0.1) is 16.9 Å². The molecule has 1 aliphatic heterocycles. The normalized spacial score (nSPS) is 26.5. The monoisotopic (exact) mass is 363 g/mol. The number of halogens is 3. The van der Waals surface area contributed by atoms with Gasteiger partial charge >= 0.3 is 17.9 Å².